The van der Waals surface area contributed by atoms with Gasteiger partial charge in [-0.05, 0) is 13.8 Å². The third-order valence-corrected chi connectivity index (χ3v) is 2.75. The molecule has 0 N–H and O–H groups in total. The molecule has 0 aliphatic heterocycles. The van der Waals surface area contributed by atoms with Crippen molar-refractivity contribution < 1.29 is 47.7 Å². The van der Waals surface area contributed by atoms with Crippen LogP contribution in [0.15, 0.2) is 51.9 Å². The average molecular weight is 495 g/mol. The zero-order valence-corrected chi connectivity index (χ0v) is 19.8. The van der Waals surface area contributed by atoms with Crippen LogP contribution in [0, 0.1) is 0 Å². The highest BCUT2D eigenvalue weighted by atomic mass is 16.6. The number of hydrogen-bond acceptors (Lipinski definition) is 13. The Morgan fingerprint density at radius 3 is 1.49 bits per heavy atom. The number of carbonyl (C=O) groups excluding carboxylic acids is 6. The molecule has 0 saturated carbocycles. The van der Waals surface area contributed by atoms with Crippen molar-refractivity contribution in [3.8, 4) is 0 Å². The molecule has 0 rings (SSSR count). The van der Waals surface area contributed by atoms with Crippen molar-refractivity contribution in [1.82, 2.24) is 0 Å². The van der Waals surface area contributed by atoms with Crippen molar-refractivity contribution in [3.05, 3.63) is 37.0 Å². The van der Waals surface area contributed by atoms with Gasteiger partial charge >= 0.3 is 17.9 Å². The van der Waals surface area contributed by atoms with E-state index in [0.29, 0.717) is 17.8 Å². The normalized spacial score (nSPS) is 8.29. The molecule has 0 aliphatic carbocycles. The minimum Gasteiger partial charge on any atom is -0.461 e. The molecule has 192 valence electrons. The molecule has 0 unspecified atom stereocenters. The third kappa shape index (κ3) is 32.0. The summed E-state index contributed by atoms with van der Waals surface area (Å²) in [7, 11) is 0. The average Bonchev–Trinajstić information content (AvgIpc) is 2.84. The molecule has 0 spiro atoms. The number of carbonyl (C=O) groups is 3. The number of rotatable bonds is 15. The second-order valence-corrected chi connectivity index (χ2v) is 5.74. The van der Waals surface area contributed by atoms with E-state index >= 15 is 0 Å². The van der Waals surface area contributed by atoms with E-state index in [2.05, 4.69) is 44.2 Å². The summed E-state index contributed by atoms with van der Waals surface area (Å²) in [6.07, 6.45) is 5.09. The first kappa shape index (κ1) is 35.3. The van der Waals surface area contributed by atoms with Crippen LogP contribution in [0.4, 0.5) is 0 Å². The van der Waals surface area contributed by atoms with E-state index in [-0.39, 0.29) is 46.1 Å². The smallest absolute Gasteiger partial charge is 0.333 e. The molecule has 0 heterocycles. The molecule has 0 amide bonds. The van der Waals surface area contributed by atoms with E-state index < -0.39 is 17.9 Å². The number of nitrogens with zero attached hydrogens (tertiary/aromatic N) is 3. The van der Waals surface area contributed by atoms with Crippen LogP contribution in [0.25, 0.3) is 0 Å². The summed E-state index contributed by atoms with van der Waals surface area (Å²) in [5, 5.41) is 0. The maximum absolute atomic E-state index is 10.8. The van der Waals surface area contributed by atoms with Gasteiger partial charge in [-0.25, -0.2) is 43.7 Å². The zero-order valence-electron chi connectivity index (χ0n) is 19.8. The Labute approximate surface area is 202 Å². The monoisotopic (exact) mass is 495 g/mol. The summed E-state index contributed by atoms with van der Waals surface area (Å²) in [6.45, 7) is 14.7. The standard InChI is InChI=1S/C9H13NO4.C7H9NO3.C6H7NO3/c1-8(2)9(12)14-6-5-13-4-3-10-7-11;1-6(2)7(10)11-4-3-8-5-9;1-2-6(9)10-4-3-7-5-8/h1,3-6H2,2H3;1,3-4H2,2H3;2H,1,3-4H2. The summed E-state index contributed by atoms with van der Waals surface area (Å²) < 4.78 is 18.8. The van der Waals surface area contributed by atoms with Crippen molar-refractivity contribution >= 4 is 36.1 Å². The van der Waals surface area contributed by atoms with E-state index in [1.165, 1.54) is 18.2 Å². The fourth-order valence-electron chi connectivity index (χ4n) is 1.22. The first-order valence-corrected chi connectivity index (χ1v) is 9.80. The molecule has 13 nitrogen and oxygen atoms in total. The van der Waals surface area contributed by atoms with Gasteiger partial charge in [0.2, 0.25) is 18.2 Å². The Bertz CT molecular complexity index is 834. The summed E-state index contributed by atoms with van der Waals surface area (Å²) in [5.74, 6) is -1.41. The van der Waals surface area contributed by atoms with Crippen molar-refractivity contribution in [2.75, 3.05) is 52.7 Å². The van der Waals surface area contributed by atoms with E-state index in [9.17, 15) is 28.8 Å². The van der Waals surface area contributed by atoms with Crippen LogP contribution in [0.3, 0.4) is 0 Å². The predicted octanol–water partition coefficient (Wildman–Crippen LogP) is 0.951. The molecular formula is C22H29N3O10. The van der Waals surface area contributed by atoms with E-state index in [4.69, 9.17) is 9.47 Å². The van der Waals surface area contributed by atoms with Crippen molar-refractivity contribution in [2.45, 2.75) is 13.8 Å². The van der Waals surface area contributed by atoms with Gasteiger partial charge in [0.15, 0.2) is 0 Å². The topological polar surface area (TPSA) is 176 Å². The molecule has 0 saturated heterocycles. The van der Waals surface area contributed by atoms with Crippen LogP contribution >= 0.6 is 0 Å². The molecular weight excluding hydrogens is 466 g/mol. The largest absolute Gasteiger partial charge is 0.461 e. The number of isocyanates is 3. The zero-order chi connectivity index (χ0) is 27.3. The van der Waals surface area contributed by atoms with Crippen molar-refractivity contribution in [3.63, 3.8) is 0 Å². The molecule has 0 aliphatic rings. The molecule has 0 bridgehead atoms. The van der Waals surface area contributed by atoms with Crippen LogP contribution < -0.4 is 0 Å². The first-order valence-electron chi connectivity index (χ1n) is 9.80. The Hall–Kier alpha value is -4.27. The van der Waals surface area contributed by atoms with Gasteiger partial charge in [-0.3, -0.25) is 0 Å². The van der Waals surface area contributed by atoms with Crippen LogP contribution in [0.2, 0.25) is 0 Å². The highest BCUT2D eigenvalue weighted by Gasteiger charge is 2.01. The third-order valence-electron chi connectivity index (χ3n) is 2.75. The highest BCUT2D eigenvalue weighted by Crippen LogP contribution is 1.92. The van der Waals surface area contributed by atoms with Gasteiger partial charge in [0, 0.05) is 17.2 Å². The van der Waals surface area contributed by atoms with Gasteiger partial charge in [-0.1, -0.05) is 19.7 Å². The number of hydrogen-bond donors (Lipinski definition) is 0. The molecule has 0 aromatic heterocycles. The number of ether oxygens (including phenoxy) is 4. The highest BCUT2D eigenvalue weighted by molar-refractivity contribution is 5.87. The quantitative estimate of drug-likeness (QED) is 0.0793. The lowest BCUT2D eigenvalue weighted by Gasteiger charge is -2.03. The maximum Gasteiger partial charge on any atom is 0.333 e. The van der Waals surface area contributed by atoms with Gasteiger partial charge in [0.1, 0.15) is 19.8 Å². The molecule has 0 aromatic carbocycles. The summed E-state index contributed by atoms with van der Waals surface area (Å²) in [5.41, 5.74) is 0.690. The Morgan fingerprint density at radius 2 is 1.09 bits per heavy atom. The molecule has 35 heavy (non-hydrogen) atoms. The van der Waals surface area contributed by atoms with Crippen LogP contribution in [0.1, 0.15) is 13.8 Å². The minimum absolute atomic E-state index is 0.0973. The Kier molecular flexibility index (Phi) is 28.0. The van der Waals surface area contributed by atoms with Crippen molar-refractivity contribution in [2.24, 2.45) is 15.0 Å². The molecule has 13 heteroatoms. The molecule has 0 aromatic rings. The Morgan fingerprint density at radius 1 is 0.686 bits per heavy atom. The lowest BCUT2D eigenvalue weighted by atomic mass is 10.4. The van der Waals surface area contributed by atoms with E-state index in [1.807, 2.05) is 0 Å². The molecule has 0 radical (unpaired) electrons. The fourth-order valence-corrected chi connectivity index (χ4v) is 1.22. The first-order chi connectivity index (χ1) is 16.7. The van der Waals surface area contributed by atoms with Gasteiger partial charge in [0.05, 0.1) is 32.8 Å². The van der Waals surface area contributed by atoms with E-state index in [0.717, 1.165) is 6.08 Å². The van der Waals surface area contributed by atoms with E-state index in [1.54, 1.807) is 13.8 Å². The minimum atomic E-state index is -0.513. The van der Waals surface area contributed by atoms with Crippen LogP contribution in [0.5, 0.6) is 0 Å². The second-order valence-electron chi connectivity index (χ2n) is 5.74. The van der Waals surface area contributed by atoms with Gasteiger partial charge in [-0.15, -0.1) is 0 Å². The van der Waals surface area contributed by atoms with Gasteiger partial charge in [0.25, 0.3) is 0 Å². The lowest BCUT2D eigenvalue weighted by molar-refractivity contribution is -0.140. The molecule has 0 atom stereocenters. The molecule has 0 fully saturated rings. The summed E-state index contributed by atoms with van der Waals surface area (Å²) >= 11 is 0. The summed E-state index contributed by atoms with van der Waals surface area (Å²) in [6, 6.07) is 0. The van der Waals surface area contributed by atoms with Gasteiger partial charge in [-0.2, -0.15) is 0 Å². The fraction of sp³-hybridized carbons (Fsp3) is 0.455. The second kappa shape index (κ2) is 27.8. The number of aliphatic imine (C=N–C) groups is 3. The van der Waals surface area contributed by atoms with Crippen LogP contribution in [-0.4, -0.2) is 88.8 Å². The predicted molar refractivity (Wildman–Crippen MR) is 122 cm³/mol. The van der Waals surface area contributed by atoms with Crippen molar-refractivity contribution in [1.29, 1.82) is 0 Å². The Balaban J connectivity index is -0.000000447. The SMILES string of the molecule is C=C(C)C(=O)OCCN=C=O.C=C(C)C(=O)OCCOCCN=C=O.C=CC(=O)OCCN=C=O. The number of esters is 3. The lowest BCUT2D eigenvalue weighted by Crippen LogP contribution is -2.11. The summed E-state index contributed by atoms with van der Waals surface area (Å²) in [4.78, 5) is 70.0. The maximum atomic E-state index is 10.8. The van der Waals surface area contributed by atoms with Crippen LogP contribution in [-0.2, 0) is 47.7 Å². The van der Waals surface area contributed by atoms with Gasteiger partial charge < -0.3 is 18.9 Å².